The largest absolute Gasteiger partial charge is 0.493 e. The predicted octanol–water partition coefficient (Wildman–Crippen LogP) is 1.93. The van der Waals surface area contributed by atoms with Crippen molar-refractivity contribution in [3.63, 3.8) is 0 Å². The van der Waals surface area contributed by atoms with E-state index in [1.165, 1.54) is 7.11 Å². The molecule has 9 nitrogen and oxygen atoms in total. The van der Waals surface area contributed by atoms with Gasteiger partial charge in [0, 0.05) is 12.6 Å². The van der Waals surface area contributed by atoms with Crippen molar-refractivity contribution in [2.45, 2.75) is 20.8 Å². The Morgan fingerprint density at radius 2 is 1.96 bits per heavy atom. The Bertz CT molecular complexity index is 644. The number of hydrogen-bond acceptors (Lipinski definition) is 7. The summed E-state index contributed by atoms with van der Waals surface area (Å²) >= 11 is 0. The van der Waals surface area contributed by atoms with E-state index in [2.05, 4.69) is 5.32 Å². The number of nitro groups is 1. The molecule has 0 aliphatic heterocycles. The van der Waals surface area contributed by atoms with Gasteiger partial charge in [0.2, 0.25) is 0 Å². The van der Waals surface area contributed by atoms with Gasteiger partial charge >= 0.3 is 5.97 Å². The highest BCUT2D eigenvalue weighted by Crippen LogP contribution is 2.35. The summed E-state index contributed by atoms with van der Waals surface area (Å²) in [6.45, 7) is 5.73. The van der Waals surface area contributed by atoms with E-state index in [1.807, 2.05) is 13.8 Å². The number of carbonyl (C=O) groups is 2. The quantitative estimate of drug-likeness (QED) is 0.409. The summed E-state index contributed by atoms with van der Waals surface area (Å²) in [5, 5.41) is 13.8. The van der Waals surface area contributed by atoms with E-state index in [0.717, 1.165) is 12.1 Å². The number of nitrogens with zero attached hydrogens (tertiary/aromatic N) is 1. The summed E-state index contributed by atoms with van der Waals surface area (Å²) in [5.74, 6) is -0.932. The molecule has 25 heavy (non-hydrogen) atoms. The molecule has 0 fully saturated rings. The zero-order chi connectivity index (χ0) is 19.0. The standard InChI is InChI=1S/C16H22N2O7/c1-5-24-14-7-12(18(21)22)11(6-13(14)23-4)16(20)25-9-15(19)17-8-10(2)3/h6-7,10H,5,8-9H2,1-4H3,(H,17,19). The SMILES string of the molecule is CCOc1cc([N+](=O)[O-])c(C(=O)OCC(=O)NCC(C)C)cc1OC. The van der Waals surface area contributed by atoms with E-state index in [1.54, 1.807) is 6.92 Å². The van der Waals surface area contributed by atoms with E-state index in [9.17, 15) is 19.7 Å². The Hall–Kier alpha value is -2.84. The zero-order valence-electron chi connectivity index (χ0n) is 14.7. The van der Waals surface area contributed by atoms with Gasteiger partial charge in [-0.05, 0) is 12.8 Å². The van der Waals surface area contributed by atoms with Gasteiger partial charge in [-0.2, -0.15) is 0 Å². The molecule has 1 N–H and O–H groups in total. The van der Waals surface area contributed by atoms with E-state index in [-0.39, 0.29) is 29.6 Å². The van der Waals surface area contributed by atoms with Gasteiger partial charge in [-0.15, -0.1) is 0 Å². The number of nitrogens with one attached hydrogen (secondary N) is 1. The average Bonchev–Trinajstić information content (AvgIpc) is 2.57. The van der Waals surface area contributed by atoms with Crippen molar-refractivity contribution in [2.24, 2.45) is 5.92 Å². The molecule has 1 aromatic carbocycles. The molecule has 0 saturated carbocycles. The van der Waals surface area contributed by atoms with Crippen LogP contribution in [0.3, 0.4) is 0 Å². The summed E-state index contributed by atoms with van der Waals surface area (Å²) in [4.78, 5) is 34.2. The predicted molar refractivity (Wildman–Crippen MR) is 88.9 cm³/mol. The molecule has 9 heteroatoms. The topological polar surface area (TPSA) is 117 Å². The van der Waals surface area contributed by atoms with Crippen LogP contribution in [0.1, 0.15) is 31.1 Å². The number of benzene rings is 1. The lowest BCUT2D eigenvalue weighted by Gasteiger charge is -2.12. The van der Waals surface area contributed by atoms with Crippen LogP contribution in [-0.2, 0) is 9.53 Å². The van der Waals surface area contributed by atoms with E-state index in [0.29, 0.717) is 6.54 Å². The van der Waals surface area contributed by atoms with Crippen molar-refractivity contribution in [3.05, 3.63) is 27.8 Å². The molecular weight excluding hydrogens is 332 g/mol. The second kappa shape index (κ2) is 9.45. The van der Waals surface area contributed by atoms with Gasteiger partial charge in [0.05, 0.1) is 24.7 Å². The normalized spacial score (nSPS) is 10.3. The Morgan fingerprint density at radius 1 is 1.28 bits per heavy atom. The maximum absolute atomic E-state index is 12.1. The van der Waals surface area contributed by atoms with Gasteiger partial charge in [-0.1, -0.05) is 13.8 Å². The van der Waals surface area contributed by atoms with Crippen LogP contribution in [0.2, 0.25) is 0 Å². The van der Waals surface area contributed by atoms with Crippen molar-refractivity contribution in [1.29, 1.82) is 0 Å². The number of methoxy groups -OCH3 is 1. The lowest BCUT2D eigenvalue weighted by molar-refractivity contribution is -0.385. The molecule has 1 amide bonds. The number of esters is 1. The van der Waals surface area contributed by atoms with Crippen molar-refractivity contribution in [2.75, 3.05) is 26.9 Å². The minimum Gasteiger partial charge on any atom is -0.493 e. The number of ether oxygens (including phenoxy) is 3. The van der Waals surface area contributed by atoms with Gasteiger partial charge in [0.25, 0.3) is 11.6 Å². The van der Waals surface area contributed by atoms with Crippen molar-refractivity contribution >= 4 is 17.6 Å². The number of nitro benzene ring substituents is 1. The average molecular weight is 354 g/mol. The summed E-state index contributed by atoms with van der Waals surface area (Å²) in [6, 6.07) is 2.26. The van der Waals surface area contributed by atoms with Crippen LogP contribution < -0.4 is 14.8 Å². The molecule has 0 saturated heterocycles. The fourth-order valence-corrected chi connectivity index (χ4v) is 1.87. The number of amides is 1. The smallest absolute Gasteiger partial charge is 0.345 e. The highest BCUT2D eigenvalue weighted by Gasteiger charge is 2.26. The molecular formula is C16H22N2O7. The van der Waals surface area contributed by atoms with Crippen LogP contribution in [0.4, 0.5) is 5.69 Å². The van der Waals surface area contributed by atoms with E-state index in [4.69, 9.17) is 14.2 Å². The molecule has 0 heterocycles. The third-order valence-electron chi connectivity index (χ3n) is 3.04. The van der Waals surface area contributed by atoms with Crippen molar-refractivity contribution in [1.82, 2.24) is 5.32 Å². The van der Waals surface area contributed by atoms with Crippen LogP contribution in [0.25, 0.3) is 0 Å². The number of hydrogen-bond donors (Lipinski definition) is 1. The first-order chi connectivity index (χ1) is 11.8. The fourth-order valence-electron chi connectivity index (χ4n) is 1.87. The molecule has 138 valence electrons. The van der Waals surface area contributed by atoms with Crippen LogP contribution in [0, 0.1) is 16.0 Å². The number of rotatable bonds is 9. The van der Waals surface area contributed by atoms with E-state index < -0.39 is 29.1 Å². The zero-order valence-corrected chi connectivity index (χ0v) is 14.7. The maximum Gasteiger partial charge on any atom is 0.345 e. The molecule has 0 aliphatic rings. The Morgan fingerprint density at radius 3 is 2.48 bits per heavy atom. The van der Waals surface area contributed by atoms with Crippen molar-refractivity contribution < 1.29 is 28.7 Å². The number of carbonyl (C=O) groups excluding carboxylic acids is 2. The van der Waals surface area contributed by atoms with Gasteiger partial charge in [0.1, 0.15) is 5.56 Å². The third kappa shape index (κ3) is 5.94. The molecule has 0 aromatic heterocycles. The second-order valence-corrected chi connectivity index (χ2v) is 5.48. The first kappa shape index (κ1) is 20.2. The van der Waals surface area contributed by atoms with Gasteiger partial charge in [-0.25, -0.2) is 4.79 Å². The molecule has 0 spiro atoms. The molecule has 0 unspecified atom stereocenters. The molecule has 0 radical (unpaired) electrons. The van der Waals surface area contributed by atoms with Crippen molar-refractivity contribution in [3.8, 4) is 11.5 Å². The molecule has 1 aromatic rings. The van der Waals surface area contributed by atoms with Gasteiger partial charge < -0.3 is 19.5 Å². The minimum atomic E-state index is -0.993. The first-order valence-corrected chi connectivity index (χ1v) is 7.73. The molecule has 0 bridgehead atoms. The second-order valence-electron chi connectivity index (χ2n) is 5.48. The molecule has 0 aliphatic carbocycles. The summed E-state index contributed by atoms with van der Waals surface area (Å²) in [7, 11) is 1.35. The lowest BCUT2D eigenvalue weighted by Crippen LogP contribution is -2.31. The van der Waals surface area contributed by atoms with E-state index >= 15 is 0 Å². The lowest BCUT2D eigenvalue weighted by atomic mass is 10.1. The van der Waals surface area contributed by atoms with Gasteiger partial charge in [-0.3, -0.25) is 14.9 Å². The molecule has 1 rings (SSSR count). The van der Waals surface area contributed by atoms with Crippen LogP contribution in [0.15, 0.2) is 12.1 Å². The third-order valence-corrected chi connectivity index (χ3v) is 3.04. The fraction of sp³-hybridized carbons (Fsp3) is 0.500. The highest BCUT2D eigenvalue weighted by molar-refractivity contribution is 5.96. The van der Waals surface area contributed by atoms with Crippen LogP contribution in [0.5, 0.6) is 11.5 Å². The first-order valence-electron chi connectivity index (χ1n) is 7.73. The maximum atomic E-state index is 12.1. The Labute approximate surface area is 145 Å². The highest BCUT2D eigenvalue weighted by atomic mass is 16.6. The van der Waals surface area contributed by atoms with Gasteiger partial charge in [0.15, 0.2) is 18.1 Å². The summed E-state index contributed by atoms with van der Waals surface area (Å²) < 4.78 is 15.2. The monoisotopic (exact) mass is 354 g/mol. The Balaban J connectivity index is 2.96. The Kier molecular flexibility index (Phi) is 7.64. The molecule has 0 atom stereocenters. The van der Waals surface area contributed by atoms with Crippen LogP contribution >= 0.6 is 0 Å². The minimum absolute atomic E-state index is 0.142. The summed E-state index contributed by atoms with van der Waals surface area (Å²) in [6.07, 6.45) is 0. The van der Waals surface area contributed by atoms with Crippen LogP contribution in [-0.4, -0.2) is 43.7 Å². The summed E-state index contributed by atoms with van der Waals surface area (Å²) in [5.41, 5.74) is -0.807.